The van der Waals surface area contributed by atoms with Gasteiger partial charge in [-0.05, 0) is 44.3 Å². The maximum Gasteiger partial charge on any atom is 0.271 e. The summed E-state index contributed by atoms with van der Waals surface area (Å²) in [5.74, 6) is 0.499. The summed E-state index contributed by atoms with van der Waals surface area (Å²) in [6, 6.07) is 10.6. The Kier molecular flexibility index (Phi) is 7.55. The third-order valence-corrected chi connectivity index (χ3v) is 4.40. The van der Waals surface area contributed by atoms with Crippen molar-refractivity contribution in [3.05, 3.63) is 58.0 Å². The molecule has 2 rings (SSSR count). The molecule has 0 saturated carbocycles. The zero-order chi connectivity index (χ0) is 19.8. The summed E-state index contributed by atoms with van der Waals surface area (Å²) < 4.78 is 6.55. The number of nitrogens with one attached hydrogen (secondary N) is 1. The molecule has 1 unspecified atom stereocenters. The summed E-state index contributed by atoms with van der Waals surface area (Å²) in [6.45, 7) is 2.98. The first-order chi connectivity index (χ1) is 13.0. The lowest BCUT2D eigenvalue weighted by Gasteiger charge is -2.25. The van der Waals surface area contributed by atoms with E-state index in [2.05, 4.69) is 10.4 Å². The van der Waals surface area contributed by atoms with Crippen molar-refractivity contribution in [1.29, 1.82) is 0 Å². The van der Waals surface area contributed by atoms with E-state index in [1.165, 1.54) is 16.8 Å². The number of methoxy groups -OCH3 is 1. The fourth-order valence-electron chi connectivity index (χ4n) is 2.74. The maximum absolute atomic E-state index is 12.5. The van der Waals surface area contributed by atoms with Gasteiger partial charge in [0.25, 0.3) is 11.5 Å². The standard InChI is InChI=1S/C20H28N4O3/c1-5-6-13-24-19(25)12-11-17(22-24)20(26)21-14-18(23(2)3)15-7-9-16(27-4)10-8-15/h7-12,18H,5-6,13-14H2,1-4H3,(H,21,26). The SMILES string of the molecule is CCCCn1nc(C(=O)NCC(c2ccc(OC)cc2)N(C)C)ccc1=O. The van der Waals surface area contributed by atoms with E-state index in [1.54, 1.807) is 7.11 Å². The Morgan fingerprint density at radius 1 is 1.22 bits per heavy atom. The third kappa shape index (κ3) is 5.65. The number of rotatable bonds is 9. The van der Waals surface area contributed by atoms with Gasteiger partial charge in [-0.2, -0.15) is 5.10 Å². The van der Waals surface area contributed by atoms with E-state index in [9.17, 15) is 9.59 Å². The second-order valence-electron chi connectivity index (χ2n) is 6.60. The highest BCUT2D eigenvalue weighted by atomic mass is 16.5. The second-order valence-corrected chi connectivity index (χ2v) is 6.60. The highest BCUT2D eigenvalue weighted by Crippen LogP contribution is 2.20. The van der Waals surface area contributed by atoms with Crippen LogP contribution in [0.1, 0.15) is 41.9 Å². The Balaban J connectivity index is 2.08. The van der Waals surface area contributed by atoms with Crippen LogP contribution in [0.25, 0.3) is 0 Å². The van der Waals surface area contributed by atoms with Crippen LogP contribution in [0.5, 0.6) is 5.75 Å². The molecule has 1 aromatic carbocycles. The Labute approximate surface area is 160 Å². The minimum absolute atomic E-state index is 0.00542. The number of aromatic nitrogens is 2. The van der Waals surface area contributed by atoms with Crippen molar-refractivity contribution in [2.45, 2.75) is 32.4 Å². The van der Waals surface area contributed by atoms with Crippen molar-refractivity contribution in [3.8, 4) is 5.75 Å². The lowest BCUT2D eigenvalue weighted by atomic mass is 10.1. The first-order valence-electron chi connectivity index (χ1n) is 9.13. The molecule has 1 heterocycles. The van der Waals surface area contributed by atoms with Gasteiger partial charge < -0.3 is 15.0 Å². The summed E-state index contributed by atoms with van der Waals surface area (Å²) in [4.78, 5) is 26.4. The molecule has 0 aliphatic carbocycles. The molecule has 1 aromatic heterocycles. The van der Waals surface area contributed by atoms with Gasteiger partial charge in [0.2, 0.25) is 0 Å². The van der Waals surface area contributed by atoms with E-state index in [0.717, 1.165) is 24.2 Å². The molecular weight excluding hydrogens is 344 g/mol. The number of hydrogen-bond donors (Lipinski definition) is 1. The number of carbonyl (C=O) groups is 1. The minimum Gasteiger partial charge on any atom is -0.497 e. The van der Waals surface area contributed by atoms with Crippen LogP contribution < -0.4 is 15.6 Å². The molecule has 0 aliphatic heterocycles. The van der Waals surface area contributed by atoms with Crippen LogP contribution in [-0.2, 0) is 6.54 Å². The molecule has 1 amide bonds. The zero-order valence-electron chi connectivity index (χ0n) is 16.4. The lowest BCUT2D eigenvalue weighted by Crippen LogP contribution is -2.36. The molecule has 146 valence electrons. The van der Waals surface area contributed by atoms with Crippen molar-refractivity contribution in [2.75, 3.05) is 27.7 Å². The van der Waals surface area contributed by atoms with Crippen LogP contribution in [-0.4, -0.2) is 48.3 Å². The first-order valence-corrected chi connectivity index (χ1v) is 9.13. The Hall–Kier alpha value is -2.67. The minimum atomic E-state index is -0.291. The van der Waals surface area contributed by atoms with Gasteiger partial charge in [-0.25, -0.2) is 4.68 Å². The number of carbonyl (C=O) groups excluding carboxylic acids is 1. The molecule has 0 spiro atoms. The molecule has 2 aromatic rings. The molecule has 0 aliphatic rings. The van der Waals surface area contributed by atoms with Gasteiger partial charge in [-0.1, -0.05) is 25.5 Å². The first kappa shape index (κ1) is 20.6. The number of aryl methyl sites for hydroxylation is 1. The number of benzene rings is 1. The van der Waals surface area contributed by atoms with Crippen molar-refractivity contribution in [2.24, 2.45) is 0 Å². The van der Waals surface area contributed by atoms with E-state index in [1.807, 2.05) is 50.2 Å². The van der Waals surface area contributed by atoms with Crippen molar-refractivity contribution >= 4 is 5.91 Å². The molecule has 27 heavy (non-hydrogen) atoms. The van der Waals surface area contributed by atoms with E-state index in [-0.39, 0.29) is 23.2 Å². The average molecular weight is 372 g/mol. The summed E-state index contributed by atoms with van der Waals surface area (Å²) in [5.41, 5.74) is 1.13. The number of amides is 1. The summed E-state index contributed by atoms with van der Waals surface area (Å²) >= 11 is 0. The van der Waals surface area contributed by atoms with Crippen molar-refractivity contribution in [1.82, 2.24) is 20.0 Å². The molecule has 1 atom stereocenters. The molecule has 7 heteroatoms. The number of nitrogens with zero attached hydrogens (tertiary/aromatic N) is 3. The van der Waals surface area contributed by atoms with Crippen LogP contribution in [0.3, 0.4) is 0 Å². The van der Waals surface area contributed by atoms with Gasteiger partial charge in [0, 0.05) is 19.2 Å². The predicted octanol–water partition coefficient (Wildman–Crippen LogP) is 2.08. The maximum atomic E-state index is 12.5. The molecular formula is C20H28N4O3. The Morgan fingerprint density at radius 3 is 2.52 bits per heavy atom. The Morgan fingerprint density at radius 2 is 1.93 bits per heavy atom. The van der Waals surface area contributed by atoms with Crippen LogP contribution in [0.4, 0.5) is 0 Å². The largest absolute Gasteiger partial charge is 0.497 e. The highest BCUT2D eigenvalue weighted by Gasteiger charge is 2.17. The molecule has 7 nitrogen and oxygen atoms in total. The van der Waals surface area contributed by atoms with Crippen LogP contribution >= 0.6 is 0 Å². The second kappa shape index (κ2) is 9.87. The number of unbranched alkanes of at least 4 members (excludes halogenated alkanes) is 1. The van der Waals surface area contributed by atoms with Crippen LogP contribution in [0.15, 0.2) is 41.2 Å². The smallest absolute Gasteiger partial charge is 0.271 e. The monoisotopic (exact) mass is 372 g/mol. The number of hydrogen-bond acceptors (Lipinski definition) is 5. The van der Waals surface area contributed by atoms with Gasteiger partial charge >= 0.3 is 0 Å². The number of likely N-dealkylation sites (N-methyl/N-ethyl adjacent to an activating group) is 1. The quantitative estimate of drug-likeness (QED) is 0.729. The predicted molar refractivity (Wildman–Crippen MR) is 105 cm³/mol. The van der Waals surface area contributed by atoms with Crippen molar-refractivity contribution in [3.63, 3.8) is 0 Å². The van der Waals surface area contributed by atoms with E-state index >= 15 is 0 Å². The van der Waals surface area contributed by atoms with E-state index < -0.39 is 0 Å². The Bertz CT molecular complexity index is 800. The molecule has 0 fully saturated rings. The summed E-state index contributed by atoms with van der Waals surface area (Å²) in [5, 5.41) is 7.11. The van der Waals surface area contributed by atoms with Crippen molar-refractivity contribution < 1.29 is 9.53 Å². The van der Waals surface area contributed by atoms with E-state index in [4.69, 9.17) is 4.74 Å². The third-order valence-electron chi connectivity index (χ3n) is 4.40. The van der Waals surface area contributed by atoms with Crippen LogP contribution in [0, 0.1) is 0 Å². The van der Waals surface area contributed by atoms with E-state index in [0.29, 0.717) is 13.1 Å². The summed E-state index contributed by atoms with van der Waals surface area (Å²) in [7, 11) is 5.56. The number of ether oxygens (including phenoxy) is 1. The van der Waals surface area contributed by atoms with Gasteiger partial charge in [0.1, 0.15) is 11.4 Å². The average Bonchev–Trinajstić information content (AvgIpc) is 2.67. The van der Waals surface area contributed by atoms with Gasteiger partial charge in [0.05, 0.1) is 13.2 Å². The highest BCUT2D eigenvalue weighted by molar-refractivity contribution is 5.92. The van der Waals surface area contributed by atoms with Gasteiger partial charge in [0.15, 0.2) is 0 Å². The van der Waals surface area contributed by atoms with Crippen LogP contribution in [0.2, 0.25) is 0 Å². The molecule has 0 saturated heterocycles. The molecule has 0 bridgehead atoms. The normalized spacial score (nSPS) is 12.0. The zero-order valence-corrected chi connectivity index (χ0v) is 16.4. The lowest BCUT2D eigenvalue weighted by molar-refractivity contribution is 0.0934. The summed E-state index contributed by atoms with van der Waals surface area (Å²) in [6.07, 6.45) is 1.80. The molecule has 0 radical (unpaired) electrons. The topological polar surface area (TPSA) is 76.5 Å². The fourth-order valence-corrected chi connectivity index (χ4v) is 2.74. The van der Waals surface area contributed by atoms with Gasteiger partial charge in [-0.3, -0.25) is 9.59 Å². The molecule has 1 N–H and O–H groups in total. The van der Waals surface area contributed by atoms with Gasteiger partial charge in [-0.15, -0.1) is 0 Å². The fraction of sp³-hybridized carbons (Fsp3) is 0.450.